The summed E-state index contributed by atoms with van der Waals surface area (Å²) in [7, 11) is 1.97. The molecule has 4 heteroatoms. The van der Waals surface area contributed by atoms with Gasteiger partial charge in [-0.25, -0.2) is 0 Å². The zero-order chi connectivity index (χ0) is 13.1. The molecule has 0 unspecified atom stereocenters. The number of nitrogens with one attached hydrogen (secondary N) is 1. The van der Waals surface area contributed by atoms with Crippen LogP contribution in [0.2, 0.25) is 5.02 Å². The van der Waals surface area contributed by atoms with Crippen LogP contribution in [0.5, 0.6) is 0 Å². The Kier molecular flexibility index (Phi) is 4.04. The molecule has 0 aliphatic heterocycles. The van der Waals surface area contributed by atoms with Gasteiger partial charge in [-0.2, -0.15) is 5.10 Å². The molecule has 1 N–H and O–H groups in total. The van der Waals surface area contributed by atoms with E-state index < -0.39 is 0 Å². The van der Waals surface area contributed by atoms with Crippen molar-refractivity contribution in [2.45, 2.75) is 26.4 Å². The fraction of sp³-hybridized carbons (Fsp3) is 0.357. The molecule has 0 fully saturated rings. The van der Waals surface area contributed by atoms with Crippen LogP contribution in [0.4, 0.5) is 0 Å². The zero-order valence-corrected chi connectivity index (χ0v) is 11.7. The summed E-state index contributed by atoms with van der Waals surface area (Å²) < 4.78 is 1.91. The Morgan fingerprint density at radius 2 is 2.00 bits per heavy atom. The second-order valence-corrected chi connectivity index (χ2v) is 4.99. The quantitative estimate of drug-likeness (QED) is 0.918. The van der Waals surface area contributed by atoms with Gasteiger partial charge in [0.2, 0.25) is 0 Å². The topological polar surface area (TPSA) is 29.9 Å². The first kappa shape index (κ1) is 13.1. The highest BCUT2D eigenvalue weighted by Crippen LogP contribution is 2.16. The van der Waals surface area contributed by atoms with Crippen molar-refractivity contribution in [1.29, 1.82) is 0 Å². The highest BCUT2D eigenvalue weighted by molar-refractivity contribution is 6.30. The standard InChI is InChI=1S/C14H18ClN3/c1-10-8-14(18(3)17-10)9-16-11(2)12-4-6-13(15)7-5-12/h4-8,11,16H,9H2,1-3H3/t11-/m0/s1. The molecule has 1 aromatic carbocycles. The average Bonchev–Trinajstić information content (AvgIpc) is 2.66. The van der Waals surface area contributed by atoms with Crippen LogP contribution in [0.3, 0.4) is 0 Å². The Bertz CT molecular complexity index is 516. The van der Waals surface area contributed by atoms with Crippen LogP contribution in [0.15, 0.2) is 30.3 Å². The van der Waals surface area contributed by atoms with Gasteiger partial charge in [-0.1, -0.05) is 23.7 Å². The van der Waals surface area contributed by atoms with Crippen molar-refractivity contribution in [1.82, 2.24) is 15.1 Å². The summed E-state index contributed by atoms with van der Waals surface area (Å²) >= 11 is 5.88. The maximum absolute atomic E-state index is 5.88. The molecule has 0 saturated heterocycles. The molecule has 3 nitrogen and oxygen atoms in total. The maximum Gasteiger partial charge on any atom is 0.0597 e. The van der Waals surface area contributed by atoms with Gasteiger partial charge < -0.3 is 5.32 Å². The molecule has 1 atom stereocenters. The van der Waals surface area contributed by atoms with E-state index >= 15 is 0 Å². The minimum Gasteiger partial charge on any atom is -0.305 e. The number of hydrogen-bond acceptors (Lipinski definition) is 2. The van der Waals surface area contributed by atoms with Crippen LogP contribution in [0, 0.1) is 6.92 Å². The van der Waals surface area contributed by atoms with Crippen molar-refractivity contribution in [3.8, 4) is 0 Å². The molecule has 0 amide bonds. The summed E-state index contributed by atoms with van der Waals surface area (Å²) in [6.45, 7) is 4.96. The smallest absolute Gasteiger partial charge is 0.0597 e. The first-order valence-corrected chi connectivity index (χ1v) is 6.42. The third-order valence-electron chi connectivity index (χ3n) is 3.06. The van der Waals surface area contributed by atoms with Crippen LogP contribution < -0.4 is 5.32 Å². The van der Waals surface area contributed by atoms with E-state index in [0.29, 0.717) is 0 Å². The molecule has 2 rings (SSSR count). The molecule has 0 radical (unpaired) electrons. The molecule has 1 heterocycles. The summed E-state index contributed by atoms with van der Waals surface area (Å²) in [5.74, 6) is 0. The van der Waals surface area contributed by atoms with Crippen molar-refractivity contribution >= 4 is 11.6 Å². The van der Waals surface area contributed by atoms with E-state index in [1.54, 1.807) is 0 Å². The molecule has 0 aliphatic carbocycles. The molecule has 0 saturated carbocycles. The van der Waals surface area contributed by atoms with E-state index in [0.717, 1.165) is 17.3 Å². The molecule has 0 spiro atoms. The largest absolute Gasteiger partial charge is 0.305 e. The van der Waals surface area contributed by atoms with Gasteiger partial charge in [0.25, 0.3) is 0 Å². The lowest BCUT2D eigenvalue weighted by molar-refractivity contribution is 0.548. The first-order chi connectivity index (χ1) is 8.56. The van der Waals surface area contributed by atoms with Gasteiger partial charge in [-0.05, 0) is 37.6 Å². The number of aryl methyl sites for hydroxylation is 2. The minimum absolute atomic E-state index is 0.289. The van der Waals surface area contributed by atoms with Gasteiger partial charge in [-0.15, -0.1) is 0 Å². The fourth-order valence-electron chi connectivity index (χ4n) is 1.96. The zero-order valence-electron chi connectivity index (χ0n) is 10.9. The van der Waals surface area contributed by atoms with Gasteiger partial charge in [0.1, 0.15) is 0 Å². The third-order valence-corrected chi connectivity index (χ3v) is 3.31. The minimum atomic E-state index is 0.289. The van der Waals surface area contributed by atoms with Crippen molar-refractivity contribution in [3.05, 3.63) is 52.3 Å². The lowest BCUT2D eigenvalue weighted by Gasteiger charge is -2.14. The van der Waals surface area contributed by atoms with Crippen molar-refractivity contribution in [2.75, 3.05) is 0 Å². The number of halogens is 1. The van der Waals surface area contributed by atoms with Crippen LogP contribution in [-0.2, 0) is 13.6 Å². The van der Waals surface area contributed by atoms with E-state index in [9.17, 15) is 0 Å². The fourth-order valence-corrected chi connectivity index (χ4v) is 2.08. The summed E-state index contributed by atoms with van der Waals surface area (Å²) in [5, 5.41) is 8.59. The van der Waals surface area contributed by atoms with Crippen molar-refractivity contribution < 1.29 is 0 Å². The van der Waals surface area contributed by atoms with Crippen molar-refractivity contribution in [2.24, 2.45) is 7.05 Å². The number of hydrogen-bond donors (Lipinski definition) is 1. The Morgan fingerprint density at radius 3 is 2.56 bits per heavy atom. The lowest BCUT2D eigenvalue weighted by Crippen LogP contribution is -2.19. The Morgan fingerprint density at radius 1 is 1.33 bits per heavy atom. The SMILES string of the molecule is Cc1cc(CN[C@@H](C)c2ccc(Cl)cc2)n(C)n1. The maximum atomic E-state index is 5.88. The van der Waals surface area contributed by atoms with Crippen LogP contribution >= 0.6 is 11.6 Å². The molecule has 2 aromatic rings. The van der Waals surface area contributed by atoms with E-state index in [4.69, 9.17) is 11.6 Å². The Labute approximate surface area is 113 Å². The van der Waals surface area contributed by atoms with E-state index in [1.165, 1.54) is 11.3 Å². The molecule has 0 aliphatic rings. The third kappa shape index (κ3) is 3.12. The van der Waals surface area contributed by atoms with Crippen LogP contribution in [0.25, 0.3) is 0 Å². The molecule has 96 valence electrons. The molecular formula is C14H18ClN3. The predicted molar refractivity (Wildman–Crippen MR) is 74.7 cm³/mol. The Balaban J connectivity index is 1.98. The van der Waals surface area contributed by atoms with E-state index in [-0.39, 0.29) is 6.04 Å². The Hall–Kier alpha value is -1.32. The molecule has 1 aromatic heterocycles. The van der Waals surface area contributed by atoms with Gasteiger partial charge >= 0.3 is 0 Å². The van der Waals surface area contributed by atoms with Gasteiger partial charge in [0, 0.05) is 24.7 Å². The molecule has 18 heavy (non-hydrogen) atoms. The van der Waals surface area contributed by atoms with Gasteiger partial charge in [-0.3, -0.25) is 4.68 Å². The first-order valence-electron chi connectivity index (χ1n) is 6.04. The number of nitrogens with zero attached hydrogens (tertiary/aromatic N) is 2. The van der Waals surface area contributed by atoms with Gasteiger partial charge in [0.05, 0.1) is 11.4 Å². The van der Waals surface area contributed by atoms with E-state index in [1.807, 2.05) is 30.8 Å². The highest BCUT2D eigenvalue weighted by atomic mass is 35.5. The molecule has 0 bridgehead atoms. The normalized spacial score (nSPS) is 12.7. The second-order valence-electron chi connectivity index (χ2n) is 4.55. The predicted octanol–water partition coefficient (Wildman–Crippen LogP) is 3.23. The second kappa shape index (κ2) is 5.55. The number of aromatic nitrogens is 2. The van der Waals surface area contributed by atoms with Crippen LogP contribution in [-0.4, -0.2) is 9.78 Å². The van der Waals surface area contributed by atoms with Gasteiger partial charge in [0.15, 0.2) is 0 Å². The van der Waals surface area contributed by atoms with Crippen molar-refractivity contribution in [3.63, 3.8) is 0 Å². The number of benzene rings is 1. The summed E-state index contributed by atoms with van der Waals surface area (Å²) in [6.07, 6.45) is 0. The number of rotatable bonds is 4. The highest BCUT2D eigenvalue weighted by Gasteiger charge is 2.07. The summed E-state index contributed by atoms with van der Waals surface area (Å²) in [4.78, 5) is 0. The lowest BCUT2D eigenvalue weighted by atomic mass is 10.1. The average molecular weight is 264 g/mol. The molecular weight excluding hydrogens is 246 g/mol. The van der Waals surface area contributed by atoms with E-state index in [2.05, 4.69) is 35.5 Å². The summed E-state index contributed by atoms with van der Waals surface area (Å²) in [5.41, 5.74) is 3.47. The summed E-state index contributed by atoms with van der Waals surface area (Å²) in [6, 6.07) is 10.3. The van der Waals surface area contributed by atoms with Crippen LogP contribution in [0.1, 0.15) is 29.9 Å². The monoisotopic (exact) mass is 263 g/mol.